The Hall–Kier alpha value is -1.63. The van der Waals surface area contributed by atoms with Crippen LogP contribution in [0.2, 0.25) is 0 Å². The van der Waals surface area contributed by atoms with E-state index in [4.69, 9.17) is 0 Å². The minimum absolute atomic E-state index is 0.00269. The van der Waals surface area contributed by atoms with E-state index in [0.29, 0.717) is 0 Å². The van der Waals surface area contributed by atoms with Crippen LogP contribution >= 0.6 is 0 Å². The quantitative estimate of drug-likeness (QED) is 0.527. The van der Waals surface area contributed by atoms with E-state index >= 15 is 0 Å². The summed E-state index contributed by atoms with van der Waals surface area (Å²) in [5.74, 6) is -0.00269. The second kappa shape index (κ2) is 3.18. The average Bonchev–Trinajstić information content (AvgIpc) is 2.03. The summed E-state index contributed by atoms with van der Waals surface area (Å²) < 4.78 is 0. The fourth-order valence-electron chi connectivity index (χ4n) is 0.641. The molecule has 2 N–H and O–H groups in total. The van der Waals surface area contributed by atoms with Gasteiger partial charge in [-0.25, -0.2) is 15.0 Å². The van der Waals surface area contributed by atoms with Gasteiger partial charge in [0.1, 0.15) is 0 Å². The molecule has 0 saturated heterocycles. The first-order valence-corrected chi connectivity index (χ1v) is 3.12. The normalized spacial score (nSPS) is 9.83. The van der Waals surface area contributed by atoms with E-state index in [1.807, 2.05) is 4.98 Å². The lowest BCUT2D eigenvalue weighted by Gasteiger charge is -2.11. The zero-order valence-electron chi connectivity index (χ0n) is 6.62. The van der Waals surface area contributed by atoms with Crippen molar-refractivity contribution >= 4 is 5.82 Å². The first-order valence-electron chi connectivity index (χ1n) is 3.12. The Kier molecular flexibility index (Phi) is 2.24. The Balaban J connectivity index is 3.19. The van der Waals surface area contributed by atoms with Crippen molar-refractivity contribution in [2.24, 2.45) is 0 Å². The molecule has 7 heteroatoms. The van der Waals surface area contributed by atoms with Crippen molar-refractivity contribution in [2.75, 3.05) is 19.2 Å². The van der Waals surface area contributed by atoms with Crippen molar-refractivity contribution in [3.63, 3.8) is 0 Å². The second-order valence-electron chi connectivity index (χ2n) is 2.01. The van der Waals surface area contributed by atoms with Crippen LogP contribution in [0.25, 0.3) is 0 Å². The number of hydrogen-bond donors (Lipinski definition) is 2. The fourth-order valence-corrected chi connectivity index (χ4v) is 0.641. The number of hydrogen-bond acceptors (Lipinski definition) is 5. The van der Waals surface area contributed by atoms with E-state index in [-0.39, 0.29) is 5.82 Å². The highest BCUT2D eigenvalue weighted by atomic mass is 16.7. The van der Waals surface area contributed by atoms with Crippen molar-refractivity contribution in [2.45, 2.75) is 0 Å². The average molecular weight is 172 g/mol. The summed E-state index contributed by atoms with van der Waals surface area (Å²) in [6, 6.07) is 0. The standard InChI is InChI=1S/C5H8N4O3/c1-9(12-2)3-4(10)6-5(11)8-7-3/h1-2H3,(H2,6,8,10,11). The van der Waals surface area contributed by atoms with Crippen LogP contribution in [-0.4, -0.2) is 29.3 Å². The molecule has 0 saturated carbocycles. The summed E-state index contributed by atoms with van der Waals surface area (Å²) in [6.07, 6.45) is 0. The molecule has 66 valence electrons. The SMILES string of the molecule is CON(C)c1n[nH]c(=O)[nH]c1=O. The van der Waals surface area contributed by atoms with Gasteiger partial charge in [0.05, 0.1) is 7.11 Å². The zero-order chi connectivity index (χ0) is 9.14. The molecule has 0 aliphatic heterocycles. The molecule has 1 heterocycles. The number of aromatic amines is 2. The van der Waals surface area contributed by atoms with Crippen molar-refractivity contribution in [3.8, 4) is 0 Å². The maximum absolute atomic E-state index is 11.0. The predicted molar refractivity (Wildman–Crippen MR) is 40.9 cm³/mol. The van der Waals surface area contributed by atoms with E-state index in [1.165, 1.54) is 14.2 Å². The van der Waals surface area contributed by atoms with Gasteiger partial charge in [0.2, 0.25) is 5.82 Å². The summed E-state index contributed by atoms with van der Waals surface area (Å²) in [6.45, 7) is 0. The Morgan fingerprint density at radius 1 is 1.50 bits per heavy atom. The molecule has 1 aromatic rings. The Labute approximate surface area is 66.9 Å². The maximum atomic E-state index is 11.0. The topological polar surface area (TPSA) is 91.1 Å². The molecule has 0 amide bonds. The van der Waals surface area contributed by atoms with Crippen LogP contribution in [-0.2, 0) is 4.84 Å². The van der Waals surface area contributed by atoms with Gasteiger partial charge in [0.15, 0.2) is 0 Å². The molecule has 0 fully saturated rings. The summed E-state index contributed by atoms with van der Waals surface area (Å²) in [7, 11) is 2.88. The predicted octanol–water partition coefficient (Wildman–Crippen LogP) is -1.54. The van der Waals surface area contributed by atoms with E-state index in [9.17, 15) is 9.59 Å². The smallest absolute Gasteiger partial charge is 0.275 e. The van der Waals surface area contributed by atoms with Crippen LogP contribution in [0.5, 0.6) is 0 Å². The van der Waals surface area contributed by atoms with Gasteiger partial charge >= 0.3 is 5.69 Å². The molecule has 0 aliphatic rings. The Morgan fingerprint density at radius 3 is 2.67 bits per heavy atom. The first kappa shape index (κ1) is 8.47. The van der Waals surface area contributed by atoms with Crippen LogP contribution < -0.4 is 16.3 Å². The van der Waals surface area contributed by atoms with Crippen molar-refractivity contribution in [1.82, 2.24) is 15.2 Å². The molecule has 0 aliphatic carbocycles. The number of anilines is 1. The summed E-state index contributed by atoms with van der Waals surface area (Å²) >= 11 is 0. The number of hydroxylamine groups is 1. The molecule has 0 spiro atoms. The van der Waals surface area contributed by atoms with Crippen LogP contribution in [0.1, 0.15) is 0 Å². The van der Waals surface area contributed by atoms with Gasteiger partial charge in [0.25, 0.3) is 5.56 Å². The number of aromatic nitrogens is 3. The van der Waals surface area contributed by atoms with Crippen molar-refractivity contribution in [1.29, 1.82) is 0 Å². The highest BCUT2D eigenvalue weighted by Gasteiger charge is 2.06. The monoisotopic (exact) mass is 172 g/mol. The van der Waals surface area contributed by atoms with Gasteiger partial charge in [-0.3, -0.25) is 14.6 Å². The molecule has 0 radical (unpaired) electrons. The molecule has 12 heavy (non-hydrogen) atoms. The highest BCUT2D eigenvalue weighted by Crippen LogP contribution is 1.94. The van der Waals surface area contributed by atoms with Crippen LogP contribution in [0.3, 0.4) is 0 Å². The summed E-state index contributed by atoms with van der Waals surface area (Å²) in [5, 5.41) is 6.68. The lowest BCUT2D eigenvalue weighted by Crippen LogP contribution is -2.31. The molecule has 7 nitrogen and oxygen atoms in total. The minimum Gasteiger partial charge on any atom is -0.275 e. The van der Waals surface area contributed by atoms with E-state index in [0.717, 1.165) is 5.06 Å². The summed E-state index contributed by atoms with van der Waals surface area (Å²) in [5.41, 5.74) is -1.24. The molecular formula is C5H8N4O3. The third kappa shape index (κ3) is 1.51. The molecule has 0 bridgehead atoms. The maximum Gasteiger partial charge on any atom is 0.342 e. The largest absolute Gasteiger partial charge is 0.342 e. The zero-order valence-corrected chi connectivity index (χ0v) is 6.62. The Bertz CT molecular complexity index is 367. The molecule has 1 rings (SSSR count). The van der Waals surface area contributed by atoms with E-state index in [1.54, 1.807) is 0 Å². The minimum atomic E-state index is -0.645. The van der Waals surface area contributed by atoms with Crippen molar-refractivity contribution in [3.05, 3.63) is 20.8 Å². The van der Waals surface area contributed by atoms with E-state index < -0.39 is 11.2 Å². The number of H-pyrrole nitrogens is 2. The van der Waals surface area contributed by atoms with Gasteiger partial charge in [-0.15, -0.1) is 5.10 Å². The van der Waals surface area contributed by atoms with Gasteiger partial charge in [-0.05, 0) is 0 Å². The van der Waals surface area contributed by atoms with Crippen LogP contribution in [0.15, 0.2) is 9.59 Å². The molecular weight excluding hydrogens is 164 g/mol. The summed E-state index contributed by atoms with van der Waals surface area (Å²) in [4.78, 5) is 28.2. The fraction of sp³-hybridized carbons (Fsp3) is 0.400. The lowest BCUT2D eigenvalue weighted by atomic mass is 10.7. The molecule has 0 aromatic carbocycles. The van der Waals surface area contributed by atoms with Crippen molar-refractivity contribution < 1.29 is 4.84 Å². The Morgan fingerprint density at radius 2 is 2.17 bits per heavy atom. The number of nitrogens with zero attached hydrogens (tertiary/aromatic N) is 2. The van der Waals surface area contributed by atoms with Gasteiger partial charge in [-0.2, -0.15) is 0 Å². The van der Waals surface area contributed by atoms with Gasteiger partial charge in [-0.1, -0.05) is 0 Å². The van der Waals surface area contributed by atoms with Gasteiger partial charge in [0, 0.05) is 7.05 Å². The van der Waals surface area contributed by atoms with Crippen LogP contribution in [0.4, 0.5) is 5.82 Å². The van der Waals surface area contributed by atoms with Crippen LogP contribution in [0, 0.1) is 0 Å². The molecule has 1 aromatic heterocycles. The van der Waals surface area contributed by atoms with E-state index in [2.05, 4.69) is 15.0 Å². The third-order valence-electron chi connectivity index (χ3n) is 1.27. The third-order valence-corrected chi connectivity index (χ3v) is 1.27. The number of rotatable bonds is 2. The first-order chi connectivity index (χ1) is 5.65. The highest BCUT2D eigenvalue weighted by molar-refractivity contribution is 5.28. The lowest BCUT2D eigenvalue weighted by molar-refractivity contribution is 0.181. The molecule has 0 atom stereocenters. The number of nitrogens with one attached hydrogen (secondary N) is 2. The molecule has 0 unspecified atom stereocenters. The second-order valence-corrected chi connectivity index (χ2v) is 2.01. The van der Waals surface area contributed by atoms with Gasteiger partial charge < -0.3 is 0 Å².